The highest BCUT2D eigenvalue weighted by atomic mass is 16.7. The maximum Gasteiger partial charge on any atom is 0.287 e. The summed E-state index contributed by atoms with van der Waals surface area (Å²) in [6, 6.07) is 0. The third kappa shape index (κ3) is 2.26. The van der Waals surface area contributed by atoms with Crippen molar-refractivity contribution < 1.29 is 24.5 Å². The molecule has 0 amide bonds. The van der Waals surface area contributed by atoms with Crippen LogP contribution in [0.3, 0.4) is 0 Å². The van der Waals surface area contributed by atoms with Crippen molar-refractivity contribution in [3.63, 3.8) is 0 Å². The van der Waals surface area contributed by atoms with Crippen molar-refractivity contribution in [2.45, 2.75) is 90.6 Å². The third-order valence-corrected chi connectivity index (χ3v) is 8.20. The quantitative estimate of drug-likeness (QED) is 0.691. The third-order valence-electron chi connectivity index (χ3n) is 8.20. The van der Waals surface area contributed by atoms with Gasteiger partial charge in [0.2, 0.25) is 0 Å². The molecule has 0 aromatic rings. The molecule has 0 bridgehead atoms. The van der Waals surface area contributed by atoms with Crippen LogP contribution in [0, 0.1) is 22.7 Å². The molecule has 0 spiro atoms. The van der Waals surface area contributed by atoms with E-state index < -0.39 is 11.7 Å². The number of ketones is 1. The molecule has 26 heavy (non-hydrogen) atoms. The summed E-state index contributed by atoms with van der Waals surface area (Å²) in [4.78, 5) is 12.6. The van der Waals surface area contributed by atoms with Gasteiger partial charge < -0.3 is 19.7 Å². The summed E-state index contributed by atoms with van der Waals surface area (Å²) in [7, 11) is 0. The van der Waals surface area contributed by atoms with Crippen LogP contribution in [0.15, 0.2) is 11.5 Å². The van der Waals surface area contributed by atoms with Gasteiger partial charge in [0.25, 0.3) is 5.95 Å². The summed E-state index contributed by atoms with van der Waals surface area (Å²) < 4.78 is 12.1. The maximum atomic E-state index is 12.6. The number of hydrogen-bond acceptors (Lipinski definition) is 5. The van der Waals surface area contributed by atoms with Crippen LogP contribution in [0.1, 0.15) is 66.7 Å². The zero-order valence-corrected chi connectivity index (χ0v) is 16.5. The average molecular weight is 364 g/mol. The molecular weight excluding hydrogens is 332 g/mol. The van der Waals surface area contributed by atoms with Gasteiger partial charge in [-0.15, -0.1) is 0 Å². The number of hydrogen-bond donors (Lipinski definition) is 2. The fraction of sp³-hybridized carbons (Fsp3) is 0.857. The smallest absolute Gasteiger partial charge is 0.287 e. The fourth-order valence-electron chi connectivity index (χ4n) is 6.47. The van der Waals surface area contributed by atoms with E-state index in [-0.39, 0.29) is 40.7 Å². The number of allylic oxidation sites excluding steroid dienone is 1. The monoisotopic (exact) mass is 364 g/mol. The second kappa shape index (κ2) is 5.48. The summed E-state index contributed by atoms with van der Waals surface area (Å²) in [6.07, 6.45) is 2.00. The molecular formula is C21H32O5. The number of carbonyl (C=O) groups is 1. The van der Waals surface area contributed by atoms with E-state index >= 15 is 0 Å². The van der Waals surface area contributed by atoms with Gasteiger partial charge >= 0.3 is 0 Å². The Morgan fingerprint density at radius 3 is 2.42 bits per heavy atom. The summed E-state index contributed by atoms with van der Waals surface area (Å²) in [5.41, 5.74) is -0.479. The van der Waals surface area contributed by atoms with Crippen LogP contribution in [0.2, 0.25) is 0 Å². The molecule has 2 aliphatic heterocycles. The lowest BCUT2D eigenvalue weighted by atomic mass is 9.43. The molecule has 0 aromatic heterocycles. The number of aliphatic hydroxyl groups is 2. The van der Waals surface area contributed by atoms with Crippen molar-refractivity contribution in [2.75, 3.05) is 0 Å². The molecule has 0 unspecified atom stereocenters. The summed E-state index contributed by atoms with van der Waals surface area (Å²) >= 11 is 0. The Labute approximate surface area is 155 Å². The predicted octanol–water partition coefficient (Wildman–Crippen LogP) is 2.94. The van der Waals surface area contributed by atoms with Crippen LogP contribution >= 0.6 is 0 Å². The predicted molar refractivity (Wildman–Crippen MR) is 96.0 cm³/mol. The summed E-state index contributed by atoms with van der Waals surface area (Å²) in [5.74, 6) is 0.645. The minimum absolute atomic E-state index is 0.0234. The minimum atomic E-state index is -0.764. The van der Waals surface area contributed by atoms with E-state index in [4.69, 9.17) is 9.47 Å². The van der Waals surface area contributed by atoms with Crippen molar-refractivity contribution in [3.05, 3.63) is 11.5 Å². The van der Waals surface area contributed by atoms with Gasteiger partial charge in [-0.25, -0.2) is 0 Å². The molecule has 146 valence electrons. The van der Waals surface area contributed by atoms with E-state index in [2.05, 4.69) is 20.8 Å². The van der Waals surface area contributed by atoms with Crippen molar-refractivity contribution >= 4 is 5.78 Å². The van der Waals surface area contributed by atoms with Crippen LogP contribution in [-0.4, -0.2) is 39.9 Å². The highest BCUT2D eigenvalue weighted by Gasteiger charge is 2.66. The van der Waals surface area contributed by atoms with E-state index in [0.29, 0.717) is 30.8 Å². The minimum Gasteiger partial charge on any atom is -0.462 e. The van der Waals surface area contributed by atoms with E-state index in [9.17, 15) is 15.0 Å². The lowest BCUT2D eigenvalue weighted by Crippen LogP contribution is -2.67. The van der Waals surface area contributed by atoms with E-state index in [1.807, 2.05) is 13.8 Å². The Hall–Kier alpha value is -1.07. The molecule has 2 aliphatic carbocycles. The van der Waals surface area contributed by atoms with Gasteiger partial charge in [-0.1, -0.05) is 20.8 Å². The highest BCUT2D eigenvalue weighted by Crippen LogP contribution is 2.65. The second-order valence-corrected chi connectivity index (χ2v) is 10.1. The Balaban J connectivity index is 1.78. The van der Waals surface area contributed by atoms with Gasteiger partial charge in [-0.3, -0.25) is 4.79 Å². The standard InChI is InChI=1S/C21H32O5/c1-11-8-13(22)12-9-15-20(4)7-6-16(23)19(2,3)14(20)10-17(24)21(15,5)26-18(12)25-11/h11,14-17,23-24H,6-10H2,1-5H3/t11-,14-,15+,16-,17-,20-,21+/m1/s1. The van der Waals surface area contributed by atoms with Gasteiger partial charge in [-0.05, 0) is 56.3 Å². The average Bonchev–Trinajstić information content (AvgIpc) is 2.53. The Bertz CT molecular complexity index is 667. The molecule has 2 heterocycles. The van der Waals surface area contributed by atoms with Crippen LogP contribution in [0.5, 0.6) is 0 Å². The number of fused-ring (bicyclic) bond motifs is 3. The first kappa shape index (κ1) is 18.3. The van der Waals surface area contributed by atoms with Gasteiger partial charge in [0.05, 0.1) is 17.8 Å². The van der Waals surface area contributed by atoms with Crippen molar-refractivity contribution in [2.24, 2.45) is 22.7 Å². The molecule has 0 saturated heterocycles. The lowest BCUT2D eigenvalue weighted by Gasteiger charge is -2.65. The molecule has 0 radical (unpaired) electrons. The first-order chi connectivity index (χ1) is 12.0. The van der Waals surface area contributed by atoms with E-state index in [0.717, 1.165) is 12.8 Å². The lowest BCUT2D eigenvalue weighted by molar-refractivity contribution is -0.264. The number of carbonyl (C=O) groups excluding carboxylic acids is 1. The Morgan fingerprint density at radius 2 is 1.73 bits per heavy atom. The molecule has 2 fully saturated rings. The Morgan fingerprint density at radius 1 is 1.04 bits per heavy atom. The first-order valence-electron chi connectivity index (χ1n) is 9.98. The van der Waals surface area contributed by atoms with E-state index in [1.165, 1.54) is 0 Å². The number of Topliss-reactive ketones (excluding diaryl/α,β-unsaturated/α-hetero) is 1. The summed E-state index contributed by atoms with van der Waals surface area (Å²) in [5, 5.41) is 21.7. The first-order valence-corrected chi connectivity index (χ1v) is 9.98. The normalized spacial score (nSPS) is 50.1. The number of rotatable bonds is 0. The number of ether oxygens (including phenoxy) is 2. The Kier molecular flexibility index (Phi) is 3.86. The molecule has 5 nitrogen and oxygen atoms in total. The van der Waals surface area contributed by atoms with Crippen LogP contribution in [-0.2, 0) is 14.3 Å². The molecule has 0 aromatic carbocycles. The SMILES string of the molecule is C[C@@H]1CC(=O)C2=C(O1)O[C@]1(C)[C@H](O)C[C@@H]3C(C)(C)[C@H](O)CC[C@@]3(C)[C@@H]1C2. The van der Waals surface area contributed by atoms with Gasteiger partial charge in [0.1, 0.15) is 11.7 Å². The summed E-state index contributed by atoms with van der Waals surface area (Å²) in [6.45, 7) is 10.3. The second-order valence-electron chi connectivity index (χ2n) is 10.1. The topological polar surface area (TPSA) is 76.0 Å². The van der Waals surface area contributed by atoms with Crippen LogP contribution in [0.4, 0.5) is 0 Å². The largest absolute Gasteiger partial charge is 0.462 e. The van der Waals surface area contributed by atoms with Crippen molar-refractivity contribution in [3.8, 4) is 0 Å². The molecule has 2 saturated carbocycles. The van der Waals surface area contributed by atoms with E-state index in [1.54, 1.807) is 0 Å². The molecule has 2 N–H and O–H groups in total. The fourth-order valence-corrected chi connectivity index (χ4v) is 6.47. The molecule has 4 rings (SSSR count). The molecule has 5 heteroatoms. The van der Waals surface area contributed by atoms with Crippen LogP contribution in [0.25, 0.3) is 0 Å². The zero-order chi connectivity index (χ0) is 19.1. The molecule has 7 atom stereocenters. The van der Waals surface area contributed by atoms with Crippen molar-refractivity contribution in [1.29, 1.82) is 0 Å². The highest BCUT2D eigenvalue weighted by molar-refractivity contribution is 5.96. The van der Waals surface area contributed by atoms with Gasteiger partial charge in [-0.2, -0.15) is 0 Å². The number of aliphatic hydroxyl groups excluding tert-OH is 2. The van der Waals surface area contributed by atoms with Gasteiger partial charge in [0.15, 0.2) is 5.78 Å². The molecule has 4 aliphatic rings. The zero-order valence-electron chi connectivity index (χ0n) is 16.5. The van der Waals surface area contributed by atoms with Crippen molar-refractivity contribution in [1.82, 2.24) is 0 Å². The maximum absolute atomic E-state index is 12.6. The van der Waals surface area contributed by atoms with Gasteiger partial charge in [0, 0.05) is 12.3 Å². The van der Waals surface area contributed by atoms with Crippen LogP contribution < -0.4 is 0 Å².